The van der Waals surface area contributed by atoms with Crippen molar-refractivity contribution in [1.82, 2.24) is 0 Å². The number of rotatable bonds is 6. The third-order valence-corrected chi connectivity index (χ3v) is 11.8. The standard InChI is InChI=1S/C27H32O3Si/c1-27(2,3)31(4,5)26-22(17-23(28)18-25(26)29)14-11-20-12-15-24(16-13-20)30-19-21-9-7-6-8-10-21/h6-18,28-29H,19H2,1-5H3. The first-order chi connectivity index (χ1) is 14.6. The summed E-state index contributed by atoms with van der Waals surface area (Å²) in [4.78, 5) is 0. The van der Waals surface area contributed by atoms with Crippen molar-refractivity contribution in [3.8, 4) is 17.2 Å². The largest absolute Gasteiger partial charge is 0.508 e. The molecule has 0 saturated carbocycles. The second-order valence-electron chi connectivity index (χ2n) is 9.48. The molecule has 3 aromatic carbocycles. The van der Waals surface area contributed by atoms with Crippen LogP contribution in [0.5, 0.6) is 17.2 Å². The molecule has 0 atom stereocenters. The van der Waals surface area contributed by atoms with E-state index < -0.39 is 8.07 Å². The zero-order chi connectivity index (χ0) is 22.6. The molecule has 0 fully saturated rings. The molecule has 3 rings (SSSR count). The topological polar surface area (TPSA) is 49.7 Å². The van der Waals surface area contributed by atoms with Crippen molar-refractivity contribution in [2.75, 3.05) is 0 Å². The van der Waals surface area contributed by atoms with Crippen molar-refractivity contribution in [2.45, 2.75) is 45.5 Å². The van der Waals surface area contributed by atoms with E-state index in [2.05, 4.69) is 33.9 Å². The molecule has 4 heteroatoms. The summed E-state index contributed by atoms with van der Waals surface area (Å²) >= 11 is 0. The highest BCUT2D eigenvalue weighted by atomic mass is 28.3. The van der Waals surface area contributed by atoms with E-state index in [-0.39, 0.29) is 16.5 Å². The first-order valence-electron chi connectivity index (χ1n) is 10.6. The fraction of sp³-hybridized carbons (Fsp3) is 0.259. The molecular formula is C27H32O3Si. The Kier molecular flexibility index (Phi) is 6.61. The fourth-order valence-corrected chi connectivity index (χ4v) is 5.76. The summed E-state index contributed by atoms with van der Waals surface area (Å²) in [5.41, 5.74) is 3.03. The molecular weight excluding hydrogens is 400 g/mol. The molecule has 3 aromatic rings. The van der Waals surface area contributed by atoms with Gasteiger partial charge in [-0.1, -0.05) is 88.5 Å². The second kappa shape index (κ2) is 9.02. The van der Waals surface area contributed by atoms with Gasteiger partial charge in [-0.15, -0.1) is 0 Å². The van der Waals surface area contributed by atoms with Gasteiger partial charge in [-0.3, -0.25) is 0 Å². The van der Waals surface area contributed by atoms with E-state index in [0.717, 1.165) is 27.6 Å². The van der Waals surface area contributed by atoms with Gasteiger partial charge in [0.15, 0.2) is 0 Å². The lowest BCUT2D eigenvalue weighted by Crippen LogP contribution is -2.50. The van der Waals surface area contributed by atoms with E-state index in [1.165, 1.54) is 6.07 Å². The van der Waals surface area contributed by atoms with Crippen molar-refractivity contribution in [1.29, 1.82) is 0 Å². The Morgan fingerprint density at radius 1 is 0.871 bits per heavy atom. The summed E-state index contributed by atoms with van der Waals surface area (Å²) in [5.74, 6) is 1.07. The highest BCUT2D eigenvalue weighted by Gasteiger charge is 2.40. The molecule has 0 heterocycles. The fourth-order valence-electron chi connectivity index (χ4n) is 3.42. The van der Waals surface area contributed by atoms with Gasteiger partial charge in [0.2, 0.25) is 0 Å². The number of ether oxygens (including phenoxy) is 1. The summed E-state index contributed by atoms with van der Waals surface area (Å²) in [6, 6.07) is 21.2. The van der Waals surface area contributed by atoms with Crippen LogP contribution in [-0.2, 0) is 6.61 Å². The molecule has 0 bridgehead atoms. The lowest BCUT2D eigenvalue weighted by molar-refractivity contribution is 0.306. The minimum absolute atomic E-state index is 0.0573. The summed E-state index contributed by atoms with van der Waals surface area (Å²) in [6.07, 6.45) is 3.99. The highest BCUT2D eigenvalue weighted by molar-refractivity contribution is 6.93. The maximum Gasteiger partial charge on any atom is 0.119 e. The maximum atomic E-state index is 10.7. The van der Waals surface area contributed by atoms with Gasteiger partial charge in [-0.05, 0) is 45.1 Å². The van der Waals surface area contributed by atoms with E-state index in [0.29, 0.717) is 6.61 Å². The Morgan fingerprint density at radius 2 is 1.52 bits per heavy atom. The zero-order valence-electron chi connectivity index (χ0n) is 19.0. The number of hydrogen-bond acceptors (Lipinski definition) is 3. The van der Waals surface area contributed by atoms with Crippen LogP contribution in [0.2, 0.25) is 18.1 Å². The van der Waals surface area contributed by atoms with Crippen LogP contribution in [0.15, 0.2) is 66.7 Å². The molecule has 2 N–H and O–H groups in total. The summed E-state index contributed by atoms with van der Waals surface area (Å²) in [5, 5.41) is 21.8. The van der Waals surface area contributed by atoms with Crippen molar-refractivity contribution >= 4 is 25.4 Å². The lowest BCUT2D eigenvalue weighted by atomic mass is 10.1. The monoisotopic (exact) mass is 432 g/mol. The number of phenols is 2. The molecule has 3 nitrogen and oxygen atoms in total. The van der Waals surface area contributed by atoms with Crippen LogP contribution in [0.4, 0.5) is 0 Å². The van der Waals surface area contributed by atoms with Crippen LogP contribution in [0.3, 0.4) is 0 Å². The van der Waals surface area contributed by atoms with E-state index in [4.69, 9.17) is 4.74 Å². The molecule has 31 heavy (non-hydrogen) atoms. The molecule has 0 unspecified atom stereocenters. The van der Waals surface area contributed by atoms with Gasteiger partial charge < -0.3 is 14.9 Å². The minimum atomic E-state index is -2.02. The van der Waals surface area contributed by atoms with Crippen LogP contribution < -0.4 is 9.92 Å². The minimum Gasteiger partial charge on any atom is -0.508 e. The Balaban J connectivity index is 1.82. The van der Waals surface area contributed by atoms with Crippen molar-refractivity contribution < 1.29 is 14.9 Å². The molecule has 0 radical (unpaired) electrons. The van der Waals surface area contributed by atoms with Crippen molar-refractivity contribution in [2.24, 2.45) is 0 Å². The summed E-state index contributed by atoms with van der Waals surface area (Å²) in [6.45, 7) is 11.7. The Bertz CT molecular complexity index is 1050. The number of aromatic hydroxyl groups is 2. The smallest absolute Gasteiger partial charge is 0.119 e. The van der Waals surface area contributed by atoms with Gasteiger partial charge in [-0.2, -0.15) is 0 Å². The van der Waals surface area contributed by atoms with E-state index in [1.807, 2.05) is 66.7 Å². The molecule has 0 aromatic heterocycles. The van der Waals surface area contributed by atoms with Crippen LogP contribution in [0, 0.1) is 0 Å². The predicted molar refractivity (Wildman–Crippen MR) is 133 cm³/mol. The van der Waals surface area contributed by atoms with Crippen molar-refractivity contribution in [3.05, 3.63) is 83.4 Å². The highest BCUT2D eigenvalue weighted by Crippen LogP contribution is 2.39. The quantitative estimate of drug-likeness (QED) is 0.342. The predicted octanol–water partition coefficient (Wildman–Crippen LogP) is 6.56. The first kappa shape index (κ1) is 22.7. The molecule has 0 aliphatic heterocycles. The van der Waals surface area contributed by atoms with Gasteiger partial charge in [0.05, 0.1) is 8.07 Å². The van der Waals surface area contributed by atoms with Crippen LogP contribution in [0.1, 0.15) is 37.5 Å². The molecule has 0 spiro atoms. The summed E-state index contributed by atoms with van der Waals surface area (Å²) < 4.78 is 5.86. The number of benzene rings is 3. The zero-order valence-corrected chi connectivity index (χ0v) is 20.0. The SMILES string of the molecule is CC(C)(C)[Si](C)(C)c1c(O)cc(O)cc1C=Cc1ccc(OCc2ccccc2)cc1. The first-order valence-corrected chi connectivity index (χ1v) is 13.6. The molecule has 0 aliphatic rings. The van der Waals surface area contributed by atoms with Gasteiger partial charge in [0.25, 0.3) is 0 Å². The summed E-state index contributed by atoms with van der Waals surface area (Å²) in [7, 11) is -2.02. The Hall–Kier alpha value is -2.98. The molecule has 0 aliphatic carbocycles. The second-order valence-corrected chi connectivity index (χ2v) is 14.7. The number of hydrogen-bond donors (Lipinski definition) is 2. The van der Waals surface area contributed by atoms with Crippen LogP contribution in [-0.4, -0.2) is 18.3 Å². The average molecular weight is 433 g/mol. The van der Waals surface area contributed by atoms with Gasteiger partial charge in [-0.25, -0.2) is 0 Å². The third-order valence-electron chi connectivity index (χ3n) is 6.22. The maximum absolute atomic E-state index is 10.7. The normalized spacial score (nSPS) is 12.3. The molecule has 0 amide bonds. The van der Waals surface area contributed by atoms with Crippen LogP contribution >= 0.6 is 0 Å². The molecule has 162 valence electrons. The van der Waals surface area contributed by atoms with E-state index in [1.54, 1.807) is 6.07 Å². The van der Waals surface area contributed by atoms with Gasteiger partial charge in [0, 0.05) is 6.07 Å². The van der Waals surface area contributed by atoms with E-state index in [9.17, 15) is 10.2 Å². The molecule has 0 saturated heterocycles. The Morgan fingerprint density at radius 3 is 2.13 bits per heavy atom. The average Bonchev–Trinajstić information content (AvgIpc) is 2.70. The van der Waals surface area contributed by atoms with Gasteiger partial charge >= 0.3 is 0 Å². The van der Waals surface area contributed by atoms with Crippen molar-refractivity contribution in [3.63, 3.8) is 0 Å². The lowest BCUT2D eigenvalue weighted by Gasteiger charge is -2.38. The third kappa shape index (κ3) is 5.39. The van der Waals surface area contributed by atoms with Crippen LogP contribution in [0.25, 0.3) is 12.2 Å². The Labute approximate surface area is 186 Å². The van der Waals surface area contributed by atoms with Gasteiger partial charge in [0.1, 0.15) is 23.9 Å². The van der Waals surface area contributed by atoms with E-state index >= 15 is 0 Å². The number of phenolic OH excluding ortho intramolecular Hbond substituents is 2.